The van der Waals surface area contributed by atoms with Crippen molar-refractivity contribution in [3.05, 3.63) is 90.0 Å². The van der Waals surface area contributed by atoms with Gasteiger partial charge in [-0.2, -0.15) is 0 Å². The molecule has 0 aliphatic rings. The van der Waals surface area contributed by atoms with Crippen molar-refractivity contribution in [3.8, 4) is 5.75 Å². The fraction of sp³-hybridized carbons (Fsp3) is 0.310. The first-order chi connectivity index (χ1) is 18.2. The maximum Gasteiger partial charge on any atom is 0.264 e. The number of carbonyl (C=O) groups is 2. The summed E-state index contributed by atoms with van der Waals surface area (Å²) >= 11 is 0. The van der Waals surface area contributed by atoms with Crippen molar-refractivity contribution in [1.82, 2.24) is 10.2 Å². The average Bonchev–Trinajstić information content (AvgIpc) is 2.96. The number of anilines is 1. The molecule has 3 aromatic carbocycles. The lowest BCUT2D eigenvalue weighted by molar-refractivity contribution is -0.140. The van der Waals surface area contributed by atoms with Gasteiger partial charge in [-0.15, -0.1) is 0 Å². The van der Waals surface area contributed by atoms with Gasteiger partial charge in [0.25, 0.3) is 10.0 Å². The van der Waals surface area contributed by atoms with Crippen LogP contribution in [0.2, 0.25) is 0 Å². The second-order valence-corrected chi connectivity index (χ2v) is 10.6. The van der Waals surface area contributed by atoms with Crippen LogP contribution in [0.15, 0.2) is 83.8 Å². The topological polar surface area (TPSA) is 96.0 Å². The summed E-state index contributed by atoms with van der Waals surface area (Å²) in [6.07, 6.45) is 1.16. The zero-order chi connectivity index (χ0) is 27.7. The highest BCUT2D eigenvalue weighted by Gasteiger charge is 2.33. The molecule has 0 radical (unpaired) electrons. The van der Waals surface area contributed by atoms with Crippen LogP contribution >= 0.6 is 0 Å². The molecular weight excluding hydrogens is 502 g/mol. The van der Waals surface area contributed by atoms with E-state index in [-0.39, 0.29) is 17.3 Å². The smallest absolute Gasteiger partial charge is 0.264 e. The van der Waals surface area contributed by atoms with Crippen LogP contribution < -0.4 is 14.4 Å². The number of nitrogens with one attached hydrogen (secondary N) is 1. The molecule has 0 bridgehead atoms. The molecular formula is C29H35N3O5S. The molecule has 0 aliphatic carbocycles. The molecule has 202 valence electrons. The van der Waals surface area contributed by atoms with Crippen LogP contribution in [0, 0.1) is 0 Å². The molecule has 3 rings (SSSR count). The molecule has 0 spiro atoms. The molecule has 9 heteroatoms. The van der Waals surface area contributed by atoms with E-state index in [1.54, 1.807) is 49.6 Å². The Balaban J connectivity index is 2.03. The molecule has 3 aromatic rings. The summed E-state index contributed by atoms with van der Waals surface area (Å²) < 4.78 is 33.9. The van der Waals surface area contributed by atoms with E-state index in [0.29, 0.717) is 17.9 Å². The molecule has 0 unspecified atom stereocenters. The molecule has 0 saturated carbocycles. The molecule has 0 fully saturated rings. The zero-order valence-corrected chi connectivity index (χ0v) is 23.1. The molecule has 1 atom stereocenters. The molecule has 0 aliphatic heterocycles. The first-order valence-corrected chi connectivity index (χ1v) is 14.0. The number of ether oxygens (including phenoxy) is 1. The van der Waals surface area contributed by atoms with Crippen LogP contribution in [0.5, 0.6) is 5.75 Å². The summed E-state index contributed by atoms with van der Waals surface area (Å²) in [5.41, 5.74) is 2.20. The number of hydrogen-bond acceptors (Lipinski definition) is 5. The van der Waals surface area contributed by atoms with Crippen molar-refractivity contribution in [2.45, 2.75) is 44.2 Å². The van der Waals surface area contributed by atoms with Crippen molar-refractivity contribution in [2.24, 2.45) is 0 Å². The third-order valence-corrected chi connectivity index (χ3v) is 8.18. The number of nitrogens with zero attached hydrogens (tertiary/aromatic N) is 2. The van der Waals surface area contributed by atoms with Gasteiger partial charge in [0.1, 0.15) is 18.3 Å². The first-order valence-electron chi connectivity index (χ1n) is 12.6. The van der Waals surface area contributed by atoms with Gasteiger partial charge in [0.2, 0.25) is 11.8 Å². The maximum absolute atomic E-state index is 13.9. The fourth-order valence-corrected chi connectivity index (χ4v) is 5.60. The summed E-state index contributed by atoms with van der Waals surface area (Å²) in [5, 5.41) is 2.62. The van der Waals surface area contributed by atoms with E-state index in [0.717, 1.165) is 21.9 Å². The number of benzene rings is 3. The maximum atomic E-state index is 13.9. The normalized spacial score (nSPS) is 11.9. The van der Waals surface area contributed by atoms with E-state index in [4.69, 9.17) is 4.74 Å². The van der Waals surface area contributed by atoms with Gasteiger partial charge in [-0.1, -0.05) is 56.3 Å². The number of carbonyl (C=O) groups excluding carboxylic acids is 2. The minimum atomic E-state index is -4.07. The Bertz CT molecular complexity index is 1310. The van der Waals surface area contributed by atoms with Crippen molar-refractivity contribution in [1.29, 1.82) is 0 Å². The summed E-state index contributed by atoms with van der Waals surface area (Å²) in [6.45, 7) is 3.49. The molecule has 38 heavy (non-hydrogen) atoms. The van der Waals surface area contributed by atoms with Crippen LogP contribution in [0.4, 0.5) is 5.69 Å². The average molecular weight is 538 g/mol. The highest BCUT2D eigenvalue weighted by molar-refractivity contribution is 7.92. The zero-order valence-electron chi connectivity index (χ0n) is 22.3. The lowest BCUT2D eigenvalue weighted by atomic mass is 10.1. The second-order valence-electron chi connectivity index (χ2n) is 8.75. The third-order valence-electron chi connectivity index (χ3n) is 6.39. The van der Waals surface area contributed by atoms with E-state index in [1.807, 2.05) is 38.1 Å². The van der Waals surface area contributed by atoms with Crippen molar-refractivity contribution in [3.63, 3.8) is 0 Å². The predicted molar refractivity (Wildman–Crippen MR) is 148 cm³/mol. The summed E-state index contributed by atoms with van der Waals surface area (Å²) in [6, 6.07) is 21.5. The molecule has 8 nitrogen and oxygen atoms in total. The van der Waals surface area contributed by atoms with Crippen LogP contribution in [-0.2, 0) is 32.6 Å². The predicted octanol–water partition coefficient (Wildman–Crippen LogP) is 4.01. The van der Waals surface area contributed by atoms with Gasteiger partial charge in [-0.05, 0) is 60.4 Å². The standard InChI is InChI=1S/C29H35N3O5S/c1-5-22-12-16-24(17-13-22)32(38(35,36)26-10-8-7-9-11-26)21-28(33)31(27(6-2)29(34)30-3)20-23-14-18-25(37-4)19-15-23/h7-19,27H,5-6,20-21H2,1-4H3,(H,30,34)/t27-/m0/s1. The molecule has 1 N–H and O–H groups in total. The molecule has 2 amide bonds. The van der Waals surface area contributed by atoms with Gasteiger partial charge in [-0.3, -0.25) is 13.9 Å². The van der Waals surface area contributed by atoms with Crippen molar-refractivity contribution >= 4 is 27.5 Å². The van der Waals surface area contributed by atoms with Crippen LogP contribution in [0.1, 0.15) is 31.4 Å². The number of likely N-dealkylation sites (N-methyl/N-ethyl adjacent to an activating group) is 1. The Kier molecular flexibility index (Phi) is 9.90. The van der Waals surface area contributed by atoms with Gasteiger partial charge >= 0.3 is 0 Å². The Morgan fingerprint density at radius 3 is 2.03 bits per heavy atom. The Hall–Kier alpha value is -3.85. The van der Waals surface area contributed by atoms with Gasteiger partial charge < -0.3 is 15.0 Å². The quantitative estimate of drug-likeness (QED) is 0.377. The fourth-order valence-electron chi connectivity index (χ4n) is 4.16. The summed E-state index contributed by atoms with van der Waals surface area (Å²) in [7, 11) is -0.989. The van der Waals surface area contributed by atoms with E-state index < -0.39 is 28.5 Å². The van der Waals surface area contributed by atoms with Crippen molar-refractivity contribution in [2.75, 3.05) is 25.0 Å². The Morgan fingerprint density at radius 1 is 0.895 bits per heavy atom. The number of methoxy groups -OCH3 is 1. The Morgan fingerprint density at radius 2 is 1.50 bits per heavy atom. The number of sulfonamides is 1. The minimum absolute atomic E-state index is 0.0763. The first kappa shape index (κ1) is 28.7. The SMILES string of the molecule is CCc1ccc(N(CC(=O)N(Cc2ccc(OC)cc2)[C@@H](CC)C(=O)NC)S(=O)(=O)c2ccccc2)cc1. The van der Waals surface area contributed by atoms with Crippen LogP contribution in [0.3, 0.4) is 0 Å². The summed E-state index contributed by atoms with van der Waals surface area (Å²) in [4.78, 5) is 28.2. The monoisotopic (exact) mass is 537 g/mol. The molecule has 0 heterocycles. The molecule has 0 aromatic heterocycles. The highest BCUT2D eigenvalue weighted by Crippen LogP contribution is 2.25. The highest BCUT2D eigenvalue weighted by atomic mass is 32.2. The van der Waals surface area contributed by atoms with E-state index in [1.165, 1.54) is 24.1 Å². The van der Waals surface area contributed by atoms with Gasteiger partial charge in [0.15, 0.2) is 0 Å². The number of rotatable bonds is 12. The van der Waals surface area contributed by atoms with Crippen LogP contribution in [-0.4, -0.2) is 51.9 Å². The largest absolute Gasteiger partial charge is 0.497 e. The number of aryl methyl sites for hydroxylation is 1. The van der Waals surface area contributed by atoms with Crippen molar-refractivity contribution < 1.29 is 22.7 Å². The third kappa shape index (κ3) is 6.72. The van der Waals surface area contributed by atoms with E-state index in [9.17, 15) is 18.0 Å². The Labute approximate surface area is 225 Å². The van der Waals surface area contributed by atoms with Gasteiger partial charge in [-0.25, -0.2) is 8.42 Å². The number of amides is 2. The van der Waals surface area contributed by atoms with Gasteiger partial charge in [0, 0.05) is 13.6 Å². The second kappa shape index (κ2) is 13.1. The number of hydrogen-bond donors (Lipinski definition) is 1. The van der Waals surface area contributed by atoms with E-state index >= 15 is 0 Å². The van der Waals surface area contributed by atoms with E-state index in [2.05, 4.69) is 5.32 Å². The van der Waals surface area contributed by atoms with Gasteiger partial charge in [0.05, 0.1) is 17.7 Å². The lowest BCUT2D eigenvalue weighted by Gasteiger charge is -2.33. The lowest BCUT2D eigenvalue weighted by Crippen LogP contribution is -2.51. The molecule has 0 saturated heterocycles. The summed E-state index contributed by atoms with van der Waals surface area (Å²) in [5.74, 6) is -0.143. The van der Waals surface area contributed by atoms with Crippen LogP contribution in [0.25, 0.3) is 0 Å². The minimum Gasteiger partial charge on any atom is -0.497 e.